The Morgan fingerprint density at radius 1 is 0.796 bits per heavy atom. The third-order valence-electron chi connectivity index (χ3n) is 8.95. The summed E-state index contributed by atoms with van der Waals surface area (Å²) in [5, 5.41) is 22.1. The molecule has 2 atom stereocenters. The van der Waals surface area contributed by atoms with E-state index in [1.165, 1.54) is 30.7 Å². The molecule has 1 heterocycles. The van der Waals surface area contributed by atoms with Gasteiger partial charge in [-0.1, -0.05) is 30.3 Å². The number of nitro benzene ring substituents is 2. The van der Waals surface area contributed by atoms with E-state index in [2.05, 4.69) is 0 Å². The molecule has 4 rings (SSSR count). The number of ether oxygens (including phenoxy) is 3. The topological polar surface area (TPSA) is 148 Å². The van der Waals surface area contributed by atoms with Crippen molar-refractivity contribution < 1.29 is 42.6 Å². The number of rotatable bonds is 17. The van der Waals surface area contributed by atoms with Crippen LogP contribution in [0.3, 0.4) is 0 Å². The number of carbonyl (C=O) groups excluding carboxylic acids is 2. The average molecular weight is 679 g/mol. The lowest BCUT2D eigenvalue weighted by atomic mass is 10.0. The quantitative estimate of drug-likeness (QED) is 0.0502. The average Bonchev–Trinajstić information content (AvgIpc) is 3.06. The van der Waals surface area contributed by atoms with E-state index in [1.54, 1.807) is 31.2 Å². The van der Waals surface area contributed by atoms with Crippen molar-refractivity contribution in [2.45, 2.75) is 64.8 Å². The van der Waals surface area contributed by atoms with Crippen molar-refractivity contribution in [3.8, 4) is 0 Å². The molecule has 49 heavy (non-hydrogen) atoms. The van der Waals surface area contributed by atoms with Crippen LogP contribution in [0.2, 0.25) is 0 Å². The third kappa shape index (κ3) is 11.9. The zero-order valence-corrected chi connectivity index (χ0v) is 28.2. The van der Waals surface area contributed by atoms with Crippen LogP contribution in [0.15, 0.2) is 78.9 Å². The summed E-state index contributed by atoms with van der Waals surface area (Å²) in [5.41, 5.74) is 3.12. The van der Waals surface area contributed by atoms with Crippen LogP contribution in [-0.2, 0) is 38.6 Å². The fourth-order valence-electron chi connectivity index (χ4n) is 6.76. The van der Waals surface area contributed by atoms with Crippen LogP contribution in [-0.4, -0.2) is 77.1 Å². The largest absolute Gasteiger partial charge is 0.511 e. The molecule has 1 aliphatic rings. The van der Waals surface area contributed by atoms with Gasteiger partial charge in [-0.3, -0.25) is 25.0 Å². The molecule has 2 unspecified atom stereocenters. The monoisotopic (exact) mass is 678 g/mol. The Morgan fingerprint density at radius 2 is 1.35 bits per heavy atom. The molecule has 3 aromatic rings. The van der Waals surface area contributed by atoms with Crippen molar-refractivity contribution in [2.75, 3.05) is 40.0 Å². The van der Waals surface area contributed by atoms with Gasteiger partial charge in [0.1, 0.15) is 26.2 Å². The van der Waals surface area contributed by atoms with Gasteiger partial charge in [0.25, 0.3) is 11.4 Å². The molecule has 1 aliphatic heterocycles. The summed E-state index contributed by atoms with van der Waals surface area (Å²) in [6, 6.07) is 23.0. The van der Waals surface area contributed by atoms with Crippen LogP contribution < -0.4 is 0 Å². The van der Waals surface area contributed by atoms with Gasteiger partial charge >= 0.3 is 12.1 Å². The van der Waals surface area contributed by atoms with Crippen LogP contribution in [0.4, 0.5) is 16.2 Å². The molecule has 13 nitrogen and oxygen atoms in total. The van der Waals surface area contributed by atoms with Gasteiger partial charge in [0, 0.05) is 47.4 Å². The molecule has 262 valence electrons. The molecule has 0 N–H and O–H groups in total. The van der Waals surface area contributed by atoms with Crippen molar-refractivity contribution in [2.24, 2.45) is 0 Å². The Bertz CT molecular complexity index is 1540. The van der Waals surface area contributed by atoms with E-state index in [-0.39, 0.29) is 17.8 Å². The van der Waals surface area contributed by atoms with E-state index in [4.69, 9.17) is 14.2 Å². The van der Waals surface area contributed by atoms with E-state index in [9.17, 15) is 29.8 Å². The Balaban J connectivity index is 1.22. The second kappa shape index (κ2) is 17.5. The molecule has 0 radical (unpaired) electrons. The van der Waals surface area contributed by atoms with E-state index in [0.717, 1.165) is 60.2 Å². The molecule has 1 fully saturated rings. The van der Waals surface area contributed by atoms with Crippen molar-refractivity contribution >= 4 is 23.5 Å². The Morgan fingerprint density at radius 3 is 1.92 bits per heavy atom. The minimum Gasteiger partial charge on any atom is -0.428 e. The van der Waals surface area contributed by atoms with Gasteiger partial charge in [0.2, 0.25) is 6.79 Å². The molecule has 1 saturated heterocycles. The van der Waals surface area contributed by atoms with E-state index >= 15 is 0 Å². The highest BCUT2D eigenvalue weighted by atomic mass is 16.8. The SMILES string of the molecule is CC(C[N+](C)(Cc1ccccc1)Cc1ccc([N+](=O)[O-])cc1)OC(=O)OCOC(=O)CCC[N+]1(Cc2ccc([N+](=O)[O-])cc2)CCCCC1. The highest BCUT2D eigenvalue weighted by Crippen LogP contribution is 2.25. The molecule has 13 heteroatoms. The molecule has 0 bridgehead atoms. The number of benzene rings is 3. The van der Waals surface area contributed by atoms with Gasteiger partial charge in [-0.2, -0.15) is 0 Å². The summed E-state index contributed by atoms with van der Waals surface area (Å²) >= 11 is 0. The second-order valence-corrected chi connectivity index (χ2v) is 13.2. The normalized spacial score (nSPS) is 15.7. The minimum atomic E-state index is -0.942. The van der Waals surface area contributed by atoms with Crippen molar-refractivity contribution in [3.05, 3.63) is 116 Å². The highest BCUT2D eigenvalue weighted by molar-refractivity contribution is 5.69. The Hall–Kier alpha value is -4.88. The maximum absolute atomic E-state index is 12.5. The molecule has 0 saturated carbocycles. The van der Waals surface area contributed by atoms with E-state index in [0.29, 0.717) is 30.5 Å². The fraction of sp³-hybridized carbons (Fsp3) is 0.444. The van der Waals surface area contributed by atoms with Crippen molar-refractivity contribution in [3.63, 3.8) is 0 Å². The molecule has 0 amide bonds. The van der Waals surface area contributed by atoms with Gasteiger partial charge in [0.05, 0.1) is 42.9 Å². The highest BCUT2D eigenvalue weighted by Gasteiger charge is 2.31. The molecule has 0 spiro atoms. The maximum atomic E-state index is 12.5. The summed E-state index contributed by atoms with van der Waals surface area (Å²) < 4.78 is 17.0. The number of nitrogens with zero attached hydrogens (tertiary/aromatic N) is 4. The number of piperidine rings is 1. The van der Waals surface area contributed by atoms with Crippen LogP contribution >= 0.6 is 0 Å². The smallest absolute Gasteiger partial charge is 0.428 e. The molecule has 0 aliphatic carbocycles. The van der Waals surface area contributed by atoms with Crippen LogP contribution in [0.25, 0.3) is 0 Å². The molecular formula is C36H46N4O9+2. The van der Waals surface area contributed by atoms with Gasteiger partial charge in [-0.05, 0) is 50.5 Å². The Kier molecular flexibility index (Phi) is 13.2. The first-order chi connectivity index (χ1) is 23.4. The van der Waals surface area contributed by atoms with Crippen LogP contribution in [0.1, 0.15) is 55.7 Å². The lowest BCUT2D eigenvalue weighted by Gasteiger charge is -2.41. The predicted molar refractivity (Wildman–Crippen MR) is 181 cm³/mol. The van der Waals surface area contributed by atoms with Crippen LogP contribution in [0.5, 0.6) is 0 Å². The van der Waals surface area contributed by atoms with Crippen molar-refractivity contribution in [1.29, 1.82) is 0 Å². The summed E-state index contributed by atoms with van der Waals surface area (Å²) in [6.45, 7) is 6.30. The van der Waals surface area contributed by atoms with Gasteiger partial charge < -0.3 is 23.2 Å². The van der Waals surface area contributed by atoms with Crippen molar-refractivity contribution in [1.82, 2.24) is 0 Å². The van der Waals surface area contributed by atoms with Gasteiger partial charge in [0.15, 0.2) is 6.10 Å². The number of likely N-dealkylation sites (tertiary alicyclic amines) is 1. The predicted octanol–water partition coefficient (Wildman–Crippen LogP) is 6.67. The summed E-state index contributed by atoms with van der Waals surface area (Å²) in [6.07, 6.45) is 2.63. The standard InChI is InChI=1S/C36H46N4O9/c1-29(24-39(2,25-30-10-5-3-6-11-30)26-31-13-17-33(18-14-31)37(43)44)49-36(42)48-28-47-35(41)12-9-23-40(21-7-4-8-22-40)27-32-15-19-34(20-16-32)38(45)46/h3,5-6,10-11,13-20,29H,4,7-9,12,21-28H2,1-2H3/q+2. The lowest BCUT2D eigenvalue weighted by molar-refractivity contribution is -0.945. The number of hydrogen-bond acceptors (Lipinski definition) is 9. The zero-order chi connectivity index (χ0) is 35.3. The first-order valence-electron chi connectivity index (χ1n) is 16.6. The second-order valence-electron chi connectivity index (χ2n) is 13.2. The summed E-state index contributed by atoms with van der Waals surface area (Å²) in [4.78, 5) is 46.3. The van der Waals surface area contributed by atoms with Gasteiger partial charge in [-0.25, -0.2) is 4.79 Å². The molecule has 3 aromatic carbocycles. The fourth-order valence-corrected chi connectivity index (χ4v) is 6.76. The van der Waals surface area contributed by atoms with Gasteiger partial charge in [-0.15, -0.1) is 0 Å². The third-order valence-corrected chi connectivity index (χ3v) is 8.95. The molecular weight excluding hydrogens is 632 g/mol. The Labute approximate surface area is 286 Å². The summed E-state index contributed by atoms with van der Waals surface area (Å²) in [5.74, 6) is -0.471. The zero-order valence-electron chi connectivity index (χ0n) is 28.2. The number of likely N-dealkylation sites (N-methyl/N-ethyl adjacent to an activating group) is 1. The molecule has 0 aromatic heterocycles. The lowest BCUT2D eigenvalue weighted by Crippen LogP contribution is -2.51. The number of esters is 1. The number of hydrogen-bond donors (Lipinski definition) is 0. The first kappa shape index (κ1) is 36.9. The maximum Gasteiger partial charge on any atom is 0.511 e. The number of carbonyl (C=O) groups is 2. The number of nitro groups is 2. The number of quaternary nitrogens is 2. The van der Waals surface area contributed by atoms with Crippen LogP contribution in [0, 0.1) is 20.2 Å². The van der Waals surface area contributed by atoms with E-state index in [1.807, 2.05) is 37.4 Å². The van der Waals surface area contributed by atoms with E-state index < -0.39 is 34.9 Å². The number of non-ortho nitro benzene ring substituents is 2. The first-order valence-corrected chi connectivity index (χ1v) is 16.6. The summed E-state index contributed by atoms with van der Waals surface area (Å²) in [7, 11) is 2.03. The minimum absolute atomic E-state index is 0.0214.